The van der Waals surface area contributed by atoms with Crippen LogP contribution in [0.15, 0.2) is 58.3 Å². The maximum absolute atomic E-state index is 12.9. The van der Waals surface area contributed by atoms with Crippen LogP contribution < -0.4 is 10.2 Å². The van der Waals surface area contributed by atoms with Gasteiger partial charge in [0.2, 0.25) is 5.91 Å². The van der Waals surface area contributed by atoms with E-state index in [-0.39, 0.29) is 0 Å². The molecule has 0 unspecified atom stereocenters. The SMILES string of the molecule is CNCCC1CCN(C(=O)CCN2c3ccccc3Sc3ccccc32)CC1. The first-order valence-corrected chi connectivity index (χ1v) is 11.1. The molecule has 0 saturated carbocycles. The number of nitrogens with zero attached hydrogens (tertiary/aromatic N) is 2. The van der Waals surface area contributed by atoms with Crippen LogP contribution in [0, 0.1) is 5.92 Å². The number of carbonyl (C=O) groups is 1. The molecule has 1 N–H and O–H groups in total. The number of carbonyl (C=O) groups excluding carboxylic acids is 1. The average molecular weight is 396 g/mol. The van der Waals surface area contributed by atoms with Crippen LogP contribution in [0.25, 0.3) is 0 Å². The van der Waals surface area contributed by atoms with Crippen molar-refractivity contribution >= 4 is 29.0 Å². The number of hydrogen-bond acceptors (Lipinski definition) is 4. The molecule has 148 valence electrons. The van der Waals surface area contributed by atoms with Gasteiger partial charge in [-0.3, -0.25) is 4.79 Å². The highest BCUT2D eigenvalue weighted by atomic mass is 32.2. The zero-order chi connectivity index (χ0) is 19.3. The number of anilines is 2. The van der Waals surface area contributed by atoms with Crippen LogP contribution in [0.5, 0.6) is 0 Å². The van der Waals surface area contributed by atoms with Gasteiger partial charge in [-0.25, -0.2) is 0 Å². The Morgan fingerprint density at radius 3 is 2.25 bits per heavy atom. The van der Waals surface area contributed by atoms with Crippen molar-refractivity contribution in [3.05, 3.63) is 48.5 Å². The zero-order valence-electron chi connectivity index (χ0n) is 16.6. The second-order valence-electron chi connectivity index (χ2n) is 7.66. The summed E-state index contributed by atoms with van der Waals surface area (Å²) in [5.41, 5.74) is 2.43. The zero-order valence-corrected chi connectivity index (χ0v) is 17.4. The average Bonchev–Trinajstić information content (AvgIpc) is 2.75. The lowest BCUT2D eigenvalue weighted by Gasteiger charge is -2.35. The number of nitrogens with one attached hydrogen (secondary N) is 1. The van der Waals surface area contributed by atoms with Gasteiger partial charge in [0.1, 0.15) is 0 Å². The van der Waals surface area contributed by atoms with E-state index in [2.05, 4.69) is 63.6 Å². The summed E-state index contributed by atoms with van der Waals surface area (Å²) in [7, 11) is 2.01. The van der Waals surface area contributed by atoms with Crippen molar-refractivity contribution in [2.45, 2.75) is 35.5 Å². The molecule has 1 fully saturated rings. The molecule has 4 nitrogen and oxygen atoms in total. The fourth-order valence-electron chi connectivity index (χ4n) is 4.21. The third-order valence-corrected chi connectivity index (χ3v) is 6.98. The fourth-order valence-corrected chi connectivity index (χ4v) is 5.30. The lowest BCUT2D eigenvalue weighted by Crippen LogP contribution is -2.40. The Morgan fingerprint density at radius 1 is 1.04 bits per heavy atom. The maximum Gasteiger partial charge on any atom is 0.224 e. The number of likely N-dealkylation sites (tertiary alicyclic amines) is 1. The van der Waals surface area contributed by atoms with Crippen LogP contribution in [-0.2, 0) is 4.79 Å². The molecule has 0 aliphatic carbocycles. The summed E-state index contributed by atoms with van der Waals surface area (Å²) in [5.74, 6) is 1.05. The Morgan fingerprint density at radius 2 is 1.64 bits per heavy atom. The van der Waals surface area contributed by atoms with Crippen LogP contribution in [0.4, 0.5) is 11.4 Å². The molecule has 2 heterocycles. The number of rotatable bonds is 6. The Bertz CT molecular complexity index is 771. The van der Waals surface area contributed by atoms with Gasteiger partial charge in [0.15, 0.2) is 0 Å². The standard InChI is InChI=1S/C23H29N3OS/c1-24-14-10-18-11-15-25(16-12-18)23(27)13-17-26-19-6-2-4-8-21(19)28-22-9-5-3-7-20(22)26/h2-9,18,24H,10-17H2,1H3. The molecular weight excluding hydrogens is 366 g/mol. The van der Waals surface area contributed by atoms with Gasteiger partial charge in [0.05, 0.1) is 11.4 Å². The second-order valence-corrected chi connectivity index (χ2v) is 8.74. The van der Waals surface area contributed by atoms with E-state index in [1.165, 1.54) is 27.6 Å². The highest BCUT2D eigenvalue weighted by Gasteiger charge is 2.26. The van der Waals surface area contributed by atoms with Crippen LogP contribution in [0.3, 0.4) is 0 Å². The summed E-state index contributed by atoms with van der Waals surface area (Å²) in [6.45, 7) is 3.63. The number of piperidine rings is 1. The molecule has 2 aliphatic heterocycles. The van der Waals surface area contributed by atoms with Gasteiger partial charge < -0.3 is 15.1 Å². The predicted octanol–water partition coefficient (Wildman–Crippen LogP) is 4.53. The molecule has 28 heavy (non-hydrogen) atoms. The summed E-state index contributed by atoms with van der Waals surface area (Å²) in [6, 6.07) is 17.0. The molecular formula is C23H29N3OS. The molecule has 5 heteroatoms. The lowest BCUT2D eigenvalue weighted by molar-refractivity contribution is -0.132. The van der Waals surface area contributed by atoms with E-state index in [0.29, 0.717) is 12.3 Å². The Kier molecular flexibility index (Phi) is 6.23. The van der Waals surface area contributed by atoms with E-state index in [9.17, 15) is 4.79 Å². The lowest BCUT2D eigenvalue weighted by atomic mass is 9.93. The van der Waals surface area contributed by atoms with Gasteiger partial charge in [-0.05, 0) is 63.0 Å². The van der Waals surface area contributed by atoms with E-state index in [1.54, 1.807) is 0 Å². The van der Waals surface area contributed by atoms with E-state index >= 15 is 0 Å². The van der Waals surface area contributed by atoms with Gasteiger partial charge in [0.25, 0.3) is 0 Å². The maximum atomic E-state index is 12.9. The first-order valence-electron chi connectivity index (χ1n) is 10.3. The number of para-hydroxylation sites is 2. The number of fused-ring (bicyclic) bond motifs is 2. The smallest absolute Gasteiger partial charge is 0.224 e. The molecule has 0 atom stereocenters. The highest BCUT2D eigenvalue weighted by molar-refractivity contribution is 7.99. The Hall–Kier alpha value is -1.98. The highest BCUT2D eigenvalue weighted by Crippen LogP contribution is 2.47. The van der Waals surface area contributed by atoms with Gasteiger partial charge in [-0.2, -0.15) is 0 Å². The fraction of sp³-hybridized carbons (Fsp3) is 0.435. The second kappa shape index (κ2) is 9.01. The van der Waals surface area contributed by atoms with Gasteiger partial charge >= 0.3 is 0 Å². The van der Waals surface area contributed by atoms with Crippen LogP contribution >= 0.6 is 11.8 Å². The van der Waals surface area contributed by atoms with Gasteiger partial charge in [0, 0.05) is 35.8 Å². The number of amides is 1. The van der Waals surface area contributed by atoms with Crippen molar-refractivity contribution in [3.8, 4) is 0 Å². The third kappa shape index (κ3) is 4.20. The van der Waals surface area contributed by atoms with Crippen molar-refractivity contribution in [3.63, 3.8) is 0 Å². The number of benzene rings is 2. The van der Waals surface area contributed by atoms with E-state index in [1.807, 2.05) is 18.8 Å². The molecule has 0 aromatic heterocycles. The van der Waals surface area contributed by atoms with Crippen molar-refractivity contribution in [1.29, 1.82) is 0 Å². The summed E-state index contributed by atoms with van der Waals surface area (Å²) in [5, 5.41) is 3.23. The minimum absolute atomic E-state index is 0.292. The van der Waals surface area contributed by atoms with Crippen molar-refractivity contribution in [2.75, 3.05) is 38.1 Å². The summed E-state index contributed by atoms with van der Waals surface area (Å²) in [4.78, 5) is 19.8. The Labute approximate surface area is 172 Å². The van der Waals surface area contributed by atoms with Crippen LogP contribution in [-0.4, -0.2) is 44.0 Å². The minimum atomic E-state index is 0.292. The van der Waals surface area contributed by atoms with Crippen molar-refractivity contribution in [2.24, 2.45) is 5.92 Å². The molecule has 2 aromatic carbocycles. The topological polar surface area (TPSA) is 35.6 Å². The first kappa shape index (κ1) is 19.3. The molecule has 1 saturated heterocycles. The molecule has 0 bridgehead atoms. The number of hydrogen-bond donors (Lipinski definition) is 1. The first-order chi connectivity index (χ1) is 13.8. The van der Waals surface area contributed by atoms with Crippen molar-refractivity contribution in [1.82, 2.24) is 10.2 Å². The summed E-state index contributed by atoms with van der Waals surface area (Å²) in [6.07, 6.45) is 4.06. The monoisotopic (exact) mass is 395 g/mol. The molecule has 2 aromatic rings. The summed E-state index contributed by atoms with van der Waals surface area (Å²) < 4.78 is 0. The molecule has 4 rings (SSSR count). The van der Waals surface area contributed by atoms with E-state index in [0.717, 1.165) is 44.9 Å². The van der Waals surface area contributed by atoms with Crippen LogP contribution in [0.1, 0.15) is 25.7 Å². The van der Waals surface area contributed by atoms with Crippen molar-refractivity contribution < 1.29 is 4.79 Å². The van der Waals surface area contributed by atoms with Crippen LogP contribution in [0.2, 0.25) is 0 Å². The normalized spacial score (nSPS) is 16.6. The quantitative estimate of drug-likeness (QED) is 0.780. The molecule has 1 amide bonds. The van der Waals surface area contributed by atoms with Gasteiger partial charge in [-0.1, -0.05) is 36.0 Å². The molecule has 2 aliphatic rings. The largest absolute Gasteiger partial charge is 0.343 e. The van der Waals surface area contributed by atoms with E-state index in [4.69, 9.17) is 0 Å². The third-order valence-electron chi connectivity index (χ3n) is 5.85. The van der Waals surface area contributed by atoms with Gasteiger partial charge in [-0.15, -0.1) is 0 Å². The predicted molar refractivity (Wildman–Crippen MR) is 116 cm³/mol. The summed E-state index contributed by atoms with van der Waals surface area (Å²) >= 11 is 1.81. The molecule has 0 radical (unpaired) electrons. The molecule has 0 spiro atoms. The van der Waals surface area contributed by atoms with E-state index < -0.39 is 0 Å². The Balaban J connectivity index is 1.39. The minimum Gasteiger partial charge on any atom is -0.343 e.